The molecule has 0 aliphatic heterocycles. The van der Waals surface area contributed by atoms with Gasteiger partial charge in [-0.1, -0.05) is 6.07 Å². The summed E-state index contributed by atoms with van der Waals surface area (Å²) in [6, 6.07) is 6.55. The molecule has 2 aromatic rings. The predicted octanol–water partition coefficient (Wildman–Crippen LogP) is 3.35. The smallest absolute Gasteiger partial charge is 0.228 e. The first-order valence-corrected chi connectivity index (χ1v) is 8.89. The van der Waals surface area contributed by atoms with Crippen LogP contribution in [0.3, 0.4) is 0 Å². The van der Waals surface area contributed by atoms with E-state index in [-0.39, 0.29) is 0 Å². The summed E-state index contributed by atoms with van der Waals surface area (Å²) in [5.41, 5.74) is 0.768. The van der Waals surface area contributed by atoms with E-state index in [1.54, 1.807) is 6.20 Å². The summed E-state index contributed by atoms with van der Waals surface area (Å²) >= 11 is 0. The zero-order valence-electron chi connectivity index (χ0n) is 14.2. The standard InChI is InChI=1S/C18H24N6/c1-11(13-6-7-13)20-17-22-16(15-5-3-4-10-19-15)23-18(24-17)21-12(2)14-8-9-14/h3-5,10-14H,6-9H2,1-2H3,(H2,20,21,22,23,24). The zero-order chi connectivity index (χ0) is 16.5. The minimum Gasteiger partial charge on any atom is -0.351 e. The Labute approximate surface area is 142 Å². The highest BCUT2D eigenvalue weighted by atomic mass is 15.2. The summed E-state index contributed by atoms with van der Waals surface area (Å²) in [7, 11) is 0. The van der Waals surface area contributed by atoms with Gasteiger partial charge in [0.15, 0.2) is 5.82 Å². The lowest BCUT2D eigenvalue weighted by molar-refractivity contribution is 0.676. The molecular weight excluding hydrogens is 300 g/mol. The number of hydrogen-bond acceptors (Lipinski definition) is 6. The summed E-state index contributed by atoms with van der Waals surface area (Å²) < 4.78 is 0. The number of rotatable bonds is 7. The first kappa shape index (κ1) is 15.3. The summed E-state index contributed by atoms with van der Waals surface area (Å²) in [6.45, 7) is 4.39. The van der Waals surface area contributed by atoms with Crippen molar-refractivity contribution in [2.24, 2.45) is 11.8 Å². The molecule has 0 saturated heterocycles. The Kier molecular flexibility index (Phi) is 4.04. The highest BCUT2D eigenvalue weighted by molar-refractivity contribution is 5.53. The topological polar surface area (TPSA) is 75.6 Å². The molecule has 2 saturated carbocycles. The molecule has 126 valence electrons. The monoisotopic (exact) mass is 324 g/mol. The minimum atomic E-state index is 0.387. The maximum Gasteiger partial charge on any atom is 0.228 e. The molecule has 0 bridgehead atoms. The molecule has 2 fully saturated rings. The van der Waals surface area contributed by atoms with Crippen LogP contribution in [0, 0.1) is 11.8 Å². The van der Waals surface area contributed by atoms with Gasteiger partial charge in [-0.15, -0.1) is 0 Å². The molecule has 2 aliphatic carbocycles. The van der Waals surface area contributed by atoms with Crippen LogP contribution in [0.25, 0.3) is 11.5 Å². The van der Waals surface area contributed by atoms with Crippen molar-refractivity contribution in [1.82, 2.24) is 19.9 Å². The molecule has 0 amide bonds. The fourth-order valence-electron chi connectivity index (χ4n) is 2.95. The van der Waals surface area contributed by atoms with Crippen LogP contribution in [0.4, 0.5) is 11.9 Å². The number of aromatic nitrogens is 4. The van der Waals surface area contributed by atoms with Crippen LogP contribution >= 0.6 is 0 Å². The van der Waals surface area contributed by atoms with E-state index in [1.165, 1.54) is 25.7 Å². The molecule has 6 nitrogen and oxygen atoms in total. The normalized spacial score (nSPS) is 19.6. The van der Waals surface area contributed by atoms with Crippen molar-refractivity contribution in [3.63, 3.8) is 0 Å². The molecule has 4 rings (SSSR count). The number of nitrogens with one attached hydrogen (secondary N) is 2. The van der Waals surface area contributed by atoms with Gasteiger partial charge in [-0.3, -0.25) is 4.98 Å². The van der Waals surface area contributed by atoms with Crippen LogP contribution in [-0.4, -0.2) is 32.0 Å². The molecular formula is C18H24N6. The Balaban J connectivity index is 1.61. The van der Waals surface area contributed by atoms with Gasteiger partial charge >= 0.3 is 0 Å². The van der Waals surface area contributed by atoms with Crippen LogP contribution in [0.5, 0.6) is 0 Å². The second-order valence-electron chi connectivity index (χ2n) is 7.06. The summed E-state index contributed by atoms with van der Waals surface area (Å²) in [5, 5.41) is 6.88. The number of hydrogen-bond donors (Lipinski definition) is 2. The van der Waals surface area contributed by atoms with E-state index in [9.17, 15) is 0 Å². The van der Waals surface area contributed by atoms with Crippen LogP contribution in [-0.2, 0) is 0 Å². The average molecular weight is 324 g/mol. The molecule has 6 heteroatoms. The SMILES string of the molecule is CC(Nc1nc(NC(C)C2CC2)nc(-c2ccccn2)n1)C1CC1. The molecule has 0 radical (unpaired) electrons. The Hall–Kier alpha value is -2.24. The van der Waals surface area contributed by atoms with Gasteiger partial charge in [-0.05, 0) is 63.5 Å². The minimum absolute atomic E-state index is 0.387. The van der Waals surface area contributed by atoms with E-state index in [0.29, 0.717) is 29.8 Å². The van der Waals surface area contributed by atoms with Crippen molar-refractivity contribution in [2.75, 3.05) is 10.6 Å². The summed E-state index contributed by atoms with van der Waals surface area (Å²) in [5.74, 6) is 3.36. The highest BCUT2D eigenvalue weighted by Crippen LogP contribution is 2.35. The lowest BCUT2D eigenvalue weighted by atomic mass is 10.2. The zero-order valence-corrected chi connectivity index (χ0v) is 14.2. The van der Waals surface area contributed by atoms with Crippen LogP contribution < -0.4 is 10.6 Å². The van der Waals surface area contributed by atoms with Crippen molar-refractivity contribution in [3.8, 4) is 11.5 Å². The first-order valence-electron chi connectivity index (χ1n) is 8.89. The first-order chi connectivity index (χ1) is 11.7. The molecule has 2 aromatic heterocycles. The van der Waals surface area contributed by atoms with E-state index < -0.39 is 0 Å². The Morgan fingerprint density at radius 2 is 1.46 bits per heavy atom. The van der Waals surface area contributed by atoms with Gasteiger partial charge in [0.2, 0.25) is 11.9 Å². The maximum absolute atomic E-state index is 4.59. The van der Waals surface area contributed by atoms with Crippen LogP contribution in [0.1, 0.15) is 39.5 Å². The lowest BCUT2D eigenvalue weighted by Crippen LogP contribution is -2.23. The highest BCUT2D eigenvalue weighted by Gasteiger charge is 2.30. The fourth-order valence-corrected chi connectivity index (χ4v) is 2.95. The molecule has 0 aromatic carbocycles. The van der Waals surface area contributed by atoms with E-state index in [4.69, 9.17) is 0 Å². The van der Waals surface area contributed by atoms with Gasteiger partial charge in [-0.2, -0.15) is 15.0 Å². The van der Waals surface area contributed by atoms with Crippen molar-refractivity contribution in [3.05, 3.63) is 24.4 Å². The van der Waals surface area contributed by atoms with Gasteiger partial charge in [0.05, 0.1) is 0 Å². The van der Waals surface area contributed by atoms with Gasteiger partial charge in [0.25, 0.3) is 0 Å². The van der Waals surface area contributed by atoms with Crippen molar-refractivity contribution < 1.29 is 0 Å². The van der Waals surface area contributed by atoms with E-state index >= 15 is 0 Å². The predicted molar refractivity (Wildman–Crippen MR) is 94.7 cm³/mol. The molecule has 2 atom stereocenters. The van der Waals surface area contributed by atoms with Gasteiger partial charge < -0.3 is 10.6 Å². The molecule has 2 unspecified atom stereocenters. The van der Waals surface area contributed by atoms with Crippen molar-refractivity contribution >= 4 is 11.9 Å². The lowest BCUT2D eigenvalue weighted by Gasteiger charge is -2.16. The Morgan fingerprint density at radius 1 is 0.875 bits per heavy atom. The Morgan fingerprint density at radius 3 is 1.92 bits per heavy atom. The van der Waals surface area contributed by atoms with Crippen molar-refractivity contribution in [1.29, 1.82) is 0 Å². The molecule has 2 N–H and O–H groups in total. The number of pyridine rings is 1. The van der Waals surface area contributed by atoms with E-state index in [1.807, 2.05) is 18.2 Å². The van der Waals surface area contributed by atoms with E-state index in [0.717, 1.165) is 17.5 Å². The molecule has 24 heavy (non-hydrogen) atoms. The van der Waals surface area contributed by atoms with Gasteiger partial charge in [0.1, 0.15) is 5.69 Å². The number of anilines is 2. The maximum atomic E-state index is 4.59. The number of nitrogens with zero attached hydrogens (tertiary/aromatic N) is 4. The van der Waals surface area contributed by atoms with Gasteiger partial charge in [-0.25, -0.2) is 0 Å². The molecule has 2 heterocycles. The molecule has 0 spiro atoms. The fraction of sp³-hybridized carbons (Fsp3) is 0.556. The third-order valence-electron chi connectivity index (χ3n) is 4.90. The third-order valence-corrected chi connectivity index (χ3v) is 4.90. The Bertz CT molecular complexity index is 658. The average Bonchev–Trinajstić information content (AvgIpc) is 3.48. The molecule has 2 aliphatic rings. The summed E-state index contributed by atoms with van der Waals surface area (Å²) in [4.78, 5) is 18.1. The third kappa shape index (κ3) is 3.63. The van der Waals surface area contributed by atoms with E-state index in [2.05, 4.69) is 44.4 Å². The largest absolute Gasteiger partial charge is 0.351 e. The van der Waals surface area contributed by atoms with Crippen molar-refractivity contribution in [2.45, 2.75) is 51.6 Å². The van der Waals surface area contributed by atoms with Crippen LogP contribution in [0.15, 0.2) is 24.4 Å². The van der Waals surface area contributed by atoms with Crippen LogP contribution in [0.2, 0.25) is 0 Å². The van der Waals surface area contributed by atoms with Gasteiger partial charge in [0, 0.05) is 18.3 Å². The summed E-state index contributed by atoms with van der Waals surface area (Å²) in [6.07, 6.45) is 6.91. The second-order valence-corrected chi connectivity index (χ2v) is 7.06. The second kappa shape index (κ2) is 6.34. The quantitative estimate of drug-likeness (QED) is 0.813.